The van der Waals surface area contributed by atoms with Crippen molar-refractivity contribution in [1.29, 1.82) is 0 Å². The first-order valence-corrected chi connectivity index (χ1v) is 4.64. The number of pyridine rings is 1. The first-order chi connectivity index (χ1) is 6.63. The van der Waals surface area contributed by atoms with Crippen molar-refractivity contribution in [2.75, 3.05) is 7.11 Å². The van der Waals surface area contributed by atoms with E-state index in [1.165, 1.54) is 0 Å². The molecule has 3 heteroatoms. The minimum atomic E-state index is 0.0228. The Balaban J connectivity index is 2.71. The molecule has 14 heavy (non-hydrogen) atoms. The van der Waals surface area contributed by atoms with Gasteiger partial charge in [-0.2, -0.15) is 0 Å². The Labute approximate surface area is 84.1 Å². The topological polar surface area (TPSA) is 39.2 Å². The molecule has 1 aromatic rings. The maximum atomic E-state index is 11.0. The number of aromatic nitrogens is 1. The normalized spacial score (nSPS) is 12.2. The summed E-state index contributed by atoms with van der Waals surface area (Å²) in [5, 5.41) is 0. The number of rotatable bonds is 4. The number of carbonyl (C=O) groups is 1. The van der Waals surface area contributed by atoms with Crippen molar-refractivity contribution in [3.63, 3.8) is 0 Å². The van der Waals surface area contributed by atoms with E-state index >= 15 is 0 Å². The number of ether oxygens (including phenoxy) is 1. The number of Topliss-reactive ketones (excluding diaryl/α,β-unsaturated/α-hetero) is 1. The molecule has 0 N–H and O–H groups in total. The average molecular weight is 193 g/mol. The zero-order valence-corrected chi connectivity index (χ0v) is 8.78. The van der Waals surface area contributed by atoms with Gasteiger partial charge in [0, 0.05) is 17.7 Å². The monoisotopic (exact) mass is 193 g/mol. The summed E-state index contributed by atoms with van der Waals surface area (Å²) in [4.78, 5) is 15.3. The van der Waals surface area contributed by atoms with Crippen LogP contribution in [0.3, 0.4) is 0 Å². The molecule has 0 spiro atoms. The molecular formula is C11H15NO2. The van der Waals surface area contributed by atoms with Gasteiger partial charge in [0.1, 0.15) is 5.78 Å². The van der Waals surface area contributed by atoms with Crippen molar-refractivity contribution in [3.8, 4) is 5.88 Å². The summed E-state index contributed by atoms with van der Waals surface area (Å²) < 4.78 is 5.00. The number of hydrogen-bond donors (Lipinski definition) is 0. The molecule has 1 aromatic heterocycles. The van der Waals surface area contributed by atoms with Crippen molar-refractivity contribution >= 4 is 5.78 Å². The minimum Gasteiger partial charge on any atom is -0.481 e. The maximum absolute atomic E-state index is 11.0. The molecule has 1 rings (SSSR count). The number of hydrogen-bond acceptors (Lipinski definition) is 3. The van der Waals surface area contributed by atoms with E-state index in [2.05, 4.69) is 4.98 Å². The fourth-order valence-corrected chi connectivity index (χ4v) is 1.14. The summed E-state index contributed by atoms with van der Waals surface area (Å²) in [6.45, 7) is 3.51. The Morgan fingerprint density at radius 1 is 1.57 bits per heavy atom. The van der Waals surface area contributed by atoms with Crippen LogP contribution in [0, 0.1) is 5.92 Å². The molecule has 0 radical (unpaired) electrons. The molecule has 0 aliphatic carbocycles. The van der Waals surface area contributed by atoms with Gasteiger partial charge in [-0.1, -0.05) is 13.0 Å². The Kier molecular flexibility index (Phi) is 3.63. The summed E-state index contributed by atoms with van der Waals surface area (Å²) in [6.07, 6.45) is 0.673. The van der Waals surface area contributed by atoms with E-state index in [1.54, 1.807) is 20.1 Å². The van der Waals surface area contributed by atoms with Crippen molar-refractivity contribution in [3.05, 3.63) is 23.9 Å². The lowest BCUT2D eigenvalue weighted by molar-refractivity contribution is -0.120. The Bertz CT molecular complexity index is 323. The summed E-state index contributed by atoms with van der Waals surface area (Å²) >= 11 is 0. The average Bonchev–Trinajstić information content (AvgIpc) is 2.18. The summed E-state index contributed by atoms with van der Waals surface area (Å²) in [5.74, 6) is 0.808. The van der Waals surface area contributed by atoms with Crippen LogP contribution in [0.5, 0.6) is 5.88 Å². The third-order valence-electron chi connectivity index (χ3n) is 2.20. The molecule has 0 aromatic carbocycles. The molecule has 76 valence electrons. The van der Waals surface area contributed by atoms with Crippen LogP contribution in [0.4, 0.5) is 0 Å². The fourth-order valence-electron chi connectivity index (χ4n) is 1.14. The van der Waals surface area contributed by atoms with Gasteiger partial charge in [0.05, 0.1) is 7.11 Å². The van der Waals surface area contributed by atoms with Gasteiger partial charge in [0.15, 0.2) is 0 Å². The molecule has 3 nitrogen and oxygen atoms in total. The molecule has 0 fully saturated rings. The van der Waals surface area contributed by atoms with Crippen molar-refractivity contribution in [1.82, 2.24) is 4.98 Å². The van der Waals surface area contributed by atoms with Crippen molar-refractivity contribution in [2.24, 2.45) is 5.92 Å². The lowest BCUT2D eigenvalue weighted by Gasteiger charge is -2.07. The molecule has 1 unspecified atom stereocenters. The Hall–Kier alpha value is -1.38. The van der Waals surface area contributed by atoms with E-state index in [0.29, 0.717) is 12.3 Å². The highest BCUT2D eigenvalue weighted by molar-refractivity contribution is 5.78. The first kappa shape index (κ1) is 10.7. The van der Waals surface area contributed by atoms with Crippen LogP contribution >= 0.6 is 0 Å². The smallest absolute Gasteiger partial charge is 0.213 e. The summed E-state index contributed by atoms with van der Waals surface area (Å²) in [5.41, 5.74) is 0.895. The summed E-state index contributed by atoms with van der Waals surface area (Å²) in [7, 11) is 1.58. The quantitative estimate of drug-likeness (QED) is 0.732. The van der Waals surface area contributed by atoms with Gasteiger partial charge in [0.2, 0.25) is 5.88 Å². The number of nitrogens with zero attached hydrogens (tertiary/aromatic N) is 1. The van der Waals surface area contributed by atoms with E-state index in [0.717, 1.165) is 5.69 Å². The third kappa shape index (κ3) is 2.83. The molecular weight excluding hydrogens is 178 g/mol. The molecule has 0 amide bonds. The van der Waals surface area contributed by atoms with Crippen molar-refractivity contribution < 1.29 is 9.53 Å². The van der Waals surface area contributed by atoms with E-state index in [9.17, 15) is 4.79 Å². The lowest BCUT2D eigenvalue weighted by Crippen LogP contribution is -2.10. The van der Waals surface area contributed by atoms with Crippen LogP contribution < -0.4 is 4.74 Å². The lowest BCUT2D eigenvalue weighted by atomic mass is 10.0. The molecule has 0 saturated carbocycles. The second-order valence-electron chi connectivity index (χ2n) is 3.39. The van der Waals surface area contributed by atoms with Gasteiger partial charge in [-0.25, -0.2) is 4.98 Å². The van der Waals surface area contributed by atoms with Crippen LogP contribution in [-0.2, 0) is 11.2 Å². The number of carbonyl (C=O) groups excluding carboxylic acids is 1. The molecule has 0 bridgehead atoms. The van der Waals surface area contributed by atoms with E-state index in [4.69, 9.17) is 4.74 Å². The van der Waals surface area contributed by atoms with E-state index < -0.39 is 0 Å². The molecule has 0 aliphatic heterocycles. The standard InChI is InChI=1S/C11H15NO2/c1-8(9(2)13)7-10-5-4-6-11(12-10)14-3/h4-6,8H,7H2,1-3H3. The molecule has 1 heterocycles. The van der Waals surface area contributed by atoms with Gasteiger partial charge >= 0.3 is 0 Å². The van der Waals surface area contributed by atoms with Gasteiger partial charge in [-0.15, -0.1) is 0 Å². The molecule has 1 atom stereocenters. The van der Waals surface area contributed by atoms with Crippen LogP contribution in [0.1, 0.15) is 19.5 Å². The highest BCUT2D eigenvalue weighted by Crippen LogP contribution is 2.11. The zero-order valence-electron chi connectivity index (χ0n) is 8.78. The Morgan fingerprint density at radius 3 is 2.86 bits per heavy atom. The zero-order chi connectivity index (χ0) is 10.6. The SMILES string of the molecule is COc1cccc(CC(C)C(C)=O)n1. The van der Waals surface area contributed by atoms with Crippen LogP contribution in [0.25, 0.3) is 0 Å². The molecule has 0 saturated heterocycles. The Morgan fingerprint density at radius 2 is 2.29 bits per heavy atom. The summed E-state index contributed by atoms with van der Waals surface area (Å²) in [6, 6.07) is 5.58. The predicted molar refractivity (Wildman–Crippen MR) is 54.3 cm³/mol. The second-order valence-corrected chi connectivity index (χ2v) is 3.39. The predicted octanol–water partition coefficient (Wildman–Crippen LogP) is 1.86. The third-order valence-corrected chi connectivity index (χ3v) is 2.20. The number of ketones is 1. The van der Waals surface area contributed by atoms with Crippen LogP contribution in [0.15, 0.2) is 18.2 Å². The van der Waals surface area contributed by atoms with Gasteiger partial charge in [-0.05, 0) is 19.4 Å². The van der Waals surface area contributed by atoms with Crippen molar-refractivity contribution in [2.45, 2.75) is 20.3 Å². The van der Waals surface area contributed by atoms with E-state index in [1.807, 2.05) is 19.1 Å². The fraction of sp³-hybridized carbons (Fsp3) is 0.455. The van der Waals surface area contributed by atoms with E-state index in [-0.39, 0.29) is 11.7 Å². The van der Waals surface area contributed by atoms with Crippen LogP contribution in [0.2, 0.25) is 0 Å². The van der Waals surface area contributed by atoms with Gasteiger partial charge in [0.25, 0.3) is 0 Å². The van der Waals surface area contributed by atoms with Gasteiger partial charge in [-0.3, -0.25) is 4.79 Å². The number of methoxy groups -OCH3 is 1. The molecule has 0 aliphatic rings. The maximum Gasteiger partial charge on any atom is 0.213 e. The minimum absolute atomic E-state index is 0.0228. The van der Waals surface area contributed by atoms with Gasteiger partial charge < -0.3 is 4.74 Å². The van der Waals surface area contributed by atoms with Crippen LogP contribution in [-0.4, -0.2) is 17.9 Å². The highest BCUT2D eigenvalue weighted by Gasteiger charge is 2.09. The second kappa shape index (κ2) is 4.74. The highest BCUT2D eigenvalue weighted by atomic mass is 16.5. The first-order valence-electron chi connectivity index (χ1n) is 4.64. The largest absolute Gasteiger partial charge is 0.481 e.